The highest BCUT2D eigenvalue weighted by Crippen LogP contribution is 2.30. The molecular weight excluding hydrogens is 198 g/mol. The largest absolute Gasteiger partial charge is 0.481 e. The lowest BCUT2D eigenvalue weighted by Crippen LogP contribution is -2.07. The maximum Gasteiger partial charge on any atom is 0.183 e. The Labute approximate surface area is 97.4 Å². The zero-order chi connectivity index (χ0) is 11.5. The molecule has 1 unspecified atom stereocenters. The first-order valence-corrected chi connectivity index (χ1v) is 5.94. The molecule has 0 aliphatic carbocycles. The lowest BCUT2D eigenvalue weighted by molar-refractivity contribution is 0.320. The van der Waals surface area contributed by atoms with E-state index in [1.54, 1.807) is 0 Å². The van der Waals surface area contributed by atoms with Crippen molar-refractivity contribution in [1.82, 2.24) is 0 Å². The summed E-state index contributed by atoms with van der Waals surface area (Å²) in [6.07, 6.45) is 0.958. The van der Waals surface area contributed by atoms with Gasteiger partial charge in [-0.3, -0.25) is 4.99 Å². The van der Waals surface area contributed by atoms with Crippen LogP contribution >= 0.6 is 0 Å². The van der Waals surface area contributed by atoms with Gasteiger partial charge in [0.1, 0.15) is 0 Å². The van der Waals surface area contributed by atoms with E-state index in [-0.39, 0.29) is 0 Å². The molecule has 0 N–H and O–H groups in total. The molecule has 0 saturated heterocycles. The van der Waals surface area contributed by atoms with E-state index in [0.717, 1.165) is 25.5 Å². The second kappa shape index (κ2) is 4.69. The molecule has 86 valence electrons. The highest BCUT2D eigenvalue weighted by Gasteiger charge is 2.23. The topological polar surface area (TPSA) is 21.6 Å². The molecule has 1 aromatic carbocycles. The van der Waals surface area contributed by atoms with Crippen LogP contribution in [-0.4, -0.2) is 19.0 Å². The second-order valence-corrected chi connectivity index (χ2v) is 4.37. The Bertz CT molecular complexity index is 389. The Morgan fingerprint density at radius 1 is 1.31 bits per heavy atom. The first-order valence-electron chi connectivity index (χ1n) is 5.94. The van der Waals surface area contributed by atoms with Gasteiger partial charge in [0.15, 0.2) is 5.90 Å². The molecule has 0 spiro atoms. The van der Waals surface area contributed by atoms with Crippen molar-refractivity contribution in [2.45, 2.75) is 33.1 Å². The van der Waals surface area contributed by atoms with E-state index in [9.17, 15) is 0 Å². The average molecular weight is 217 g/mol. The minimum atomic E-state index is 0.516. The molecule has 2 heteroatoms. The van der Waals surface area contributed by atoms with Gasteiger partial charge in [-0.25, -0.2) is 0 Å². The maximum atomic E-state index is 5.48. The summed E-state index contributed by atoms with van der Waals surface area (Å²) in [5.74, 6) is 1.44. The second-order valence-electron chi connectivity index (χ2n) is 4.37. The van der Waals surface area contributed by atoms with Gasteiger partial charge in [-0.2, -0.15) is 0 Å². The van der Waals surface area contributed by atoms with Gasteiger partial charge in [0.25, 0.3) is 0 Å². The monoisotopic (exact) mass is 217 g/mol. The summed E-state index contributed by atoms with van der Waals surface area (Å²) in [7, 11) is 0. The van der Waals surface area contributed by atoms with Crippen LogP contribution in [0.3, 0.4) is 0 Å². The predicted octanol–water partition coefficient (Wildman–Crippen LogP) is 3.23. The van der Waals surface area contributed by atoms with Crippen LogP contribution < -0.4 is 0 Å². The molecule has 16 heavy (non-hydrogen) atoms. The normalized spacial score (nSPS) is 19.7. The first kappa shape index (κ1) is 11.2. The molecule has 1 aromatic rings. The van der Waals surface area contributed by atoms with E-state index >= 15 is 0 Å². The van der Waals surface area contributed by atoms with Gasteiger partial charge >= 0.3 is 0 Å². The van der Waals surface area contributed by atoms with Crippen molar-refractivity contribution >= 4 is 5.90 Å². The van der Waals surface area contributed by atoms with E-state index in [4.69, 9.17) is 4.74 Å². The average Bonchev–Trinajstić information content (AvgIpc) is 2.67. The molecule has 0 amide bonds. The van der Waals surface area contributed by atoms with Crippen molar-refractivity contribution in [3.05, 3.63) is 34.9 Å². The van der Waals surface area contributed by atoms with Crippen LogP contribution in [0.25, 0.3) is 0 Å². The quantitative estimate of drug-likeness (QED) is 0.745. The Balaban J connectivity index is 2.16. The molecular formula is C14H19NO. The number of ether oxygens (including phenoxy) is 1. The fraction of sp³-hybridized carbons (Fsp3) is 0.500. The van der Waals surface area contributed by atoms with Gasteiger partial charge in [0.2, 0.25) is 0 Å². The zero-order valence-corrected chi connectivity index (χ0v) is 10.3. The molecule has 1 aliphatic heterocycles. The molecule has 1 atom stereocenters. The Morgan fingerprint density at radius 2 is 2.00 bits per heavy atom. The number of aliphatic imine (C=N–C) groups is 1. The Hall–Kier alpha value is -1.31. The molecule has 1 aliphatic rings. The Morgan fingerprint density at radius 3 is 2.62 bits per heavy atom. The Kier molecular flexibility index (Phi) is 3.28. The summed E-state index contributed by atoms with van der Waals surface area (Å²) >= 11 is 0. The lowest BCUT2D eigenvalue weighted by Gasteiger charge is -2.15. The van der Waals surface area contributed by atoms with Crippen molar-refractivity contribution in [2.75, 3.05) is 13.2 Å². The van der Waals surface area contributed by atoms with E-state index in [1.807, 2.05) is 6.92 Å². The number of aryl methyl sites for hydroxylation is 2. The van der Waals surface area contributed by atoms with Gasteiger partial charge in [0.05, 0.1) is 6.61 Å². The van der Waals surface area contributed by atoms with Crippen molar-refractivity contribution in [3.63, 3.8) is 0 Å². The molecule has 0 saturated carbocycles. The summed E-state index contributed by atoms with van der Waals surface area (Å²) in [5, 5.41) is 0. The van der Waals surface area contributed by atoms with Crippen molar-refractivity contribution in [3.8, 4) is 0 Å². The summed E-state index contributed by atoms with van der Waals surface area (Å²) < 4.78 is 5.48. The number of hydrogen-bond donors (Lipinski definition) is 0. The highest BCUT2D eigenvalue weighted by molar-refractivity contribution is 5.79. The molecule has 1 heterocycles. The van der Waals surface area contributed by atoms with Crippen molar-refractivity contribution in [2.24, 2.45) is 4.99 Å². The molecule has 2 rings (SSSR count). The zero-order valence-electron chi connectivity index (χ0n) is 10.3. The highest BCUT2D eigenvalue weighted by atomic mass is 16.5. The summed E-state index contributed by atoms with van der Waals surface area (Å²) in [6.45, 7) is 7.97. The third-order valence-corrected chi connectivity index (χ3v) is 3.17. The van der Waals surface area contributed by atoms with Crippen LogP contribution in [0.4, 0.5) is 0 Å². The predicted molar refractivity (Wildman–Crippen MR) is 67.2 cm³/mol. The maximum absolute atomic E-state index is 5.48. The number of benzene rings is 1. The molecule has 2 nitrogen and oxygen atoms in total. The van der Waals surface area contributed by atoms with E-state index in [1.165, 1.54) is 16.7 Å². The summed E-state index contributed by atoms with van der Waals surface area (Å²) in [5.41, 5.74) is 4.21. The van der Waals surface area contributed by atoms with Crippen LogP contribution in [0, 0.1) is 13.8 Å². The van der Waals surface area contributed by atoms with E-state index in [2.05, 4.69) is 37.0 Å². The molecule has 0 radical (unpaired) electrons. The van der Waals surface area contributed by atoms with E-state index in [0.29, 0.717) is 5.92 Å². The van der Waals surface area contributed by atoms with Crippen molar-refractivity contribution in [1.29, 1.82) is 0 Å². The molecule has 0 aromatic heterocycles. The molecule has 0 bridgehead atoms. The van der Waals surface area contributed by atoms with Crippen LogP contribution in [-0.2, 0) is 4.74 Å². The smallest absolute Gasteiger partial charge is 0.183 e. The standard InChI is InChI=1S/C14H19NO/c1-4-16-13-8-12(9-15-13)14-10(2)6-5-7-11(14)3/h5-7,12H,4,8-9H2,1-3H3. The number of hydrogen-bond acceptors (Lipinski definition) is 2. The fourth-order valence-corrected chi connectivity index (χ4v) is 2.49. The van der Waals surface area contributed by atoms with Gasteiger partial charge < -0.3 is 4.74 Å². The number of nitrogens with zero attached hydrogens (tertiary/aromatic N) is 1. The van der Waals surface area contributed by atoms with Gasteiger partial charge in [0, 0.05) is 18.9 Å². The van der Waals surface area contributed by atoms with Gasteiger partial charge in [-0.05, 0) is 37.5 Å². The SMILES string of the molecule is CCOC1=NCC(c2c(C)cccc2C)C1. The number of rotatable bonds is 2. The lowest BCUT2D eigenvalue weighted by atomic mass is 9.90. The van der Waals surface area contributed by atoms with Crippen LogP contribution in [0.5, 0.6) is 0 Å². The summed E-state index contributed by atoms with van der Waals surface area (Å²) in [4.78, 5) is 4.46. The van der Waals surface area contributed by atoms with Gasteiger partial charge in [-0.1, -0.05) is 18.2 Å². The first-order chi connectivity index (χ1) is 7.72. The minimum absolute atomic E-state index is 0.516. The van der Waals surface area contributed by atoms with E-state index < -0.39 is 0 Å². The minimum Gasteiger partial charge on any atom is -0.481 e. The fourth-order valence-electron chi connectivity index (χ4n) is 2.49. The van der Waals surface area contributed by atoms with Crippen molar-refractivity contribution < 1.29 is 4.74 Å². The summed E-state index contributed by atoms with van der Waals surface area (Å²) in [6, 6.07) is 6.48. The third-order valence-electron chi connectivity index (χ3n) is 3.17. The van der Waals surface area contributed by atoms with Gasteiger partial charge in [-0.15, -0.1) is 0 Å². The van der Waals surface area contributed by atoms with Crippen LogP contribution in [0.15, 0.2) is 23.2 Å². The van der Waals surface area contributed by atoms with Crippen LogP contribution in [0.2, 0.25) is 0 Å². The molecule has 0 fully saturated rings. The third kappa shape index (κ3) is 2.11. The van der Waals surface area contributed by atoms with Crippen LogP contribution in [0.1, 0.15) is 36.0 Å².